The summed E-state index contributed by atoms with van der Waals surface area (Å²) in [4.78, 5) is 14.4. The largest absolute Gasteiger partial charge is 0.497 e. The van der Waals surface area contributed by atoms with Crippen molar-refractivity contribution in [1.82, 2.24) is 19.8 Å². The molecule has 154 valence electrons. The van der Waals surface area contributed by atoms with Crippen LogP contribution in [-0.4, -0.2) is 45.1 Å². The van der Waals surface area contributed by atoms with E-state index in [-0.39, 0.29) is 12.1 Å². The molecule has 8 nitrogen and oxygen atoms in total. The van der Waals surface area contributed by atoms with Crippen LogP contribution in [0.2, 0.25) is 0 Å². The summed E-state index contributed by atoms with van der Waals surface area (Å²) in [6.07, 6.45) is 1.41. The monoisotopic (exact) mass is 415 g/mol. The average molecular weight is 416 g/mol. The van der Waals surface area contributed by atoms with Crippen LogP contribution in [0.25, 0.3) is 5.70 Å². The summed E-state index contributed by atoms with van der Waals surface area (Å²) in [6, 6.07) is 7.66. The molecule has 1 N–H and O–H groups in total. The van der Waals surface area contributed by atoms with Gasteiger partial charge >= 0.3 is 6.09 Å². The number of rotatable bonds is 3. The summed E-state index contributed by atoms with van der Waals surface area (Å²) in [6.45, 7) is 6.27. The molecule has 0 spiro atoms. The van der Waals surface area contributed by atoms with Crippen LogP contribution >= 0.6 is 11.8 Å². The highest BCUT2D eigenvalue weighted by Gasteiger charge is 2.37. The minimum Gasteiger partial charge on any atom is -0.497 e. The molecule has 0 bridgehead atoms. The Morgan fingerprint density at radius 1 is 1.31 bits per heavy atom. The topological polar surface area (TPSA) is 81.5 Å². The van der Waals surface area contributed by atoms with Crippen molar-refractivity contribution in [2.75, 3.05) is 19.1 Å². The fraction of sp³-hybridized carbons (Fsp3) is 0.450. The van der Waals surface area contributed by atoms with Gasteiger partial charge in [0.15, 0.2) is 5.82 Å². The van der Waals surface area contributed by atoms with Gasteiger partial charge in [0.25, 0.3) is 0 Å². The van der Waals surface area contributed by atoms with Gasteiger partial charge < -0.3 is 9.47 Å². The maximum atomic E-state index is 12.7. The molecule has 1 amide bonds. The fourth-order valence-corrected chi connectivity index (χ4v) is 4.18. The lowest BCUT2D eigenvalue weighted by Gasteiger charge is -2.29. The highest BCUT2D eigenvalue weighted by atomic mass is 32.2. The summed E-state index contributed by atoms with van der Waals surface area (Å²) in [7, 11) is 1.65. The second-order valence-corrected chi connectivity index (χ2v) is 8.84. The van der Waals surface area contributed by atoms with E-state index in [4.69, 9.17) is 9.47 Å². The molecule has 0 aliphatic carbocycles. The van der Waals surface area contributed by atoms with Gasteiger partial charge in [-0.05, 0) is 45.7 Å². The van der Waals surface area contributed by atoms with Crippen LogP contribution in [0.15, 0.2) is 34.8 Å². The number of ether oxygens (including phenoxy) is 2. The minimum absolute atomic E-state index is 0.177. The lowest BCUT2D eigenvalue weighted by atomic mass is 10.1. The van der Waals surface area contributed by atoms with Crippen molar-refractivity contribution in [1.29, 1.82) is 0 Å². The first-order valence-corrected chi connectivity index (χ1v) is 10.5. The van der Waals surface area contributed by atoms with Crippen molar-refractivity contribution >= 4 is 23.6 Å². The predicted molar refractivity (Wildman–Crippen MR) is 111 cm³/mol. The van der Waals surface area contributed by atoms with Gasteiger partial charge in [0.2, 0.25) is 5.16 Å². The molecule has 4 rings (SSSR count). The van der Waals surface area contributed by atoms with Crippen molar-refractivity contribution in [3.63, 3.8) is 0 Å². The summed E-state index contributed by atoms with van der Waals surface area (Å²) < 4.78 is 12.8. The Balaban J connectivity index is 1.58. The normalized spacial score (nSPS) is 18.7. The number of aromatic nitrogens is 3. The van der Waals surface area contributed by atoms with Crippen LogP contribution in [0.1, 0.15) is 51.0 Å². The molecule has 2 aliphatic rings. The number of nitrogens with zero attached hydrogens (tertiary/aromatic N) is 4. The SMILES string of the molecule is COc1cccc(C2=CSc3nnc([C@H]4CCCN4C(=O)OC(C)(C)C)n3N2)c1. The molecule has 1 fully saturated rings. The van der Waals surface area contributed by atoms with Gasteiger partial charge in [-0.2, -0.15) is 0 Å². The minimum atomic E-state index is -0.537. The number of carbonyl (C=O) groups excluding carboxylic acids is 1. The van der Waals surface area contributed by atoms with Crippen molar-refractivity contribution in [2.45, 2.75) is 50.4 Å². The first-order valence-electron chi connectivity index (χ1n) is 9.59. The third kappa shape index (κ3) is 4.05. The van der Waals surface area contributed by atoms with Crippen LogP contribution in [-0.2, 0) is 4.74 Å². The van der Waals surface area contributed by atoms with E-state index in [1.807, 2.05) is 55.1 Å². The molecule has 1 atom stereocenters. The van der Waals surface area contributed by atoms with Gasteiger partial charge in [-0.3, -0.25) is 10.3 Å². The Bertz CT molecular complexity index is 950. The molecular weight excluding hydrogens is 390 g/mol. The smallest absolute Gasteiger partial charge is 0.410 e. The molecule has 2 aromatic rings. The van der Waals surface area contributed by atoms with Gasteiger partial charge in [-0.25, -0.2) is 9.47 Å². The second kappa shape index (κ2) is 7.62. The molecule has 0 unspecified atom stereocenters. The summed E-state index contributed by atoms with van der Waals surface area (Å²) in [5.41, 5.74) is 4.78. The molecular formula is C20H25N5O3S. The molecule has 9 heteroatoms. The number of carbonyl (C=O) groups is 1. The van der Waals surface area contributed by atoms with E-state index < -0.39 is 5.60 Å². The Morgan fingerprint density at radius 3 is 2.90 bits per heavy atom. The van der Waals surface area contributed by atoms with Gasteiger partial charge in [0, 0.05) is 17.5 Å². The van der Waals surface area contributed by atoms with Crippen molar-refractivity contribution in [2.24, 2.45) is 0 Å². The molecule has 1 aromatic heterocycles. The molecule has 3 heterocycles. The van der Waals surface area contributed by atoms with Crippen molar-refractivity contribution in [3.05, 3.63) is 41.1 Å². The molecule has 29 heavy (non-hydrogen) atoms. The summed E-state index contributed by atoms with van der Waals surface area (Å²) in [5.74, 6) is 1.50. The molecule has 2 aliphatic heterocycles. The summed E-state index contributed by atoms with van der Waals surface area (Å²) >= 11 is 1.49. The quantitative estimate of drug-likeness (QED) is 0.811. The number of hydrogen-bond acceptors (Lipinski definition) is 7. The average Bonchev–Trinajstić information content (AvgIpc) is 3.32. The number of nitrogens with one attached hydrogen (secondary N) is 1. The number of thioether (sulfide) groups is 1. The standard InChI is InChI=1S/C20H25N5O3S/c1-20(2,3)28-19(26)24-10-6-9-16(24)17-21-22-18-25(17)23-15(12-29-18)13-7-5-8-14(11-13)27-4/h5,7-8,11-12,16,23H,6,9-10H2,1-4H3/t16-/m1/s1. The number of likely N-dealkylation sites (tertiary alicyclic amines) is 1. The highest BCUT2D eigenvalue weighted by Crippen LogP contribution is 2.36. The number of fused-ring (bicyclic) bond motifs is 1. The van der Waals surface area contributed by atoms with Gasteiger partial charge in [-0.1, -0.05) is 23.9 Å². The van der Waals surface area contributed by atoms with Gasteiger partial charge in [-0.15, -0.1) is 10.2 Å². The van der Waals surface area contributed by atoms with E-state index >= 15 is 0 Å². The number of benzene rings is 1. The number of amides is 1. The lowest BCUT2D eigenvalue weighted by molar-refractivity contribution is 0.0216. The van der Waals surface area contributed by atoms with E-state index in [1.54, 1.807) is 12.0 Å². The third-order valence-electron chi connectivity index (χ3n) is 4.73. The molecule has 0 saturated carbocycles. The van der Waals surface area contributed by atoms with Crippen molar-refractivity contribution in [3.8, 4) is 5.75 Å². The Labute approximate surface area is 174 Å². The van der Waals surface area contributed by atoms with E-state index in [2.05, 4.69) is 15.6 Å². The second-order valence-electron chi connectivity index (χ2n) is 8.00. The summed E-state index contributed by atoms with van der Waals surface area (Å²) in [5, 5.41) is 11.4. The van der Waals surface area contributed by atoms with Gasteiger partial charge in [0.05, 0.1) is 18.8 Å². The van der Waals surface area contributed by atoms with E-state index in [0.29, 0.717) is 12.4 Å². The number of methoxy groups -OCH3 is 1. The first kappa shape index (κ1) is 19.6. The van der Waals surface area contributed by atoms with Crippen LogP contribution in [0.4, 0.5) is 4.79 Å². The van der Waals surface area contributed by atoms with Crippen LogP contribution in [0.5, 0.6) is 5.75 Å². The lowest BCUT2D eigenvalue weighted by Crippen LogP contribution is -2.37. The van der Waals surface area contributed by atoms with Crippen LogP contribution < -0.4 is 10.2 Å². The Hall–Kier alpha value is -2.68. The zero-order valence-corrected chi connectivity index (χ0v) is 17.8. The van der Waals surface area contributed by atoms with Crippen LogP contribution in [0, 0.1) is 0 Å². The molecule has 1 aromatic carbocycles. The zero-order valence-electron chi connectivity index (χ0n) is 17.0. The maximum absolute atomic E-state index is 12.7. The van der Waals surface area contributed by atoms with E-state index in [0.717, 1.165) is 35.0 Å². The Morgan fingerprint density at radius 2 is 2.14 bits per heavy atom. The zero-order chi connectivity index (χ0) is 20.6. The fourth-order valence-electron chi connectivity index (χ4n) is 3.43. The maximum Gasteiger partial charge on any atom is 0.410 e. The van der Waals surface area contributed by atoms with Crippen molar-refractivity contribution < 1.29 is 14.3 Å². The third-order valence-corrected chi connectivity index (χ3v) is 5.56. The molecule has 0 radical (unpaired) electrons. The predicted octanol–water partition coefficient (Wildman–Crippen LogP) is 4.01. The first-order chi connectivity index (χ1) is 13.9. The number of hydrogen-bond donors (Lipinski definition) is 1. The Kier molecular flexibility index (Phi) is 5.16. The van der Waals surface area contributed by atoms with E-state index in [1.165, 1.54) is 11.8 Å². The van der Waals surface area contributed by atoms with Crippen LogP contribution in [0.3, 0.4) is 0 Å². The highest BCUT2D eigenvalue weighted by molar-refractivity contribution is 8.02. The van der Waals surface area contributed by atoms with E-state index in [9.17, 15) is 4.79 Å². The molecule has 1 saturated heterocycles. The van der Waals surface area contributed by atoms with Gasteiger partial charge in [0.1, 0.15) is 11.4 Å².